The van der Waals surface area contributed by atoms with E-state index >= 15 is 0 Å². The maximum absolute atomic E-state index is 5.22. The summed E-state index contributed by atoms with van der Waals surface area (Å²) in [6.07, 6.45) is 7.76. The normalized spacial score (nSPS) is 17.3. The van der Waals surface area contributed by atoms with Crippen LogP contribution in [0.1, 0.15) is 33.1 Å². The molecule has 0 unspecified atom stereocenters. The smallest absolute Gasteiger partial charge is 0.0959 e. The second-order valence-electron chi connectivity index (χ2n) is 3.75. The van der Waals surface area contributed by atoms with E-state index in [1.54, 1.807) is 7.11 Å². The lowest BCUT2D eigenvalue weighted by molar-refractivity contribution is 0.278. The first-order valence-electron chi connectivity index (χ1n) is 4.63. The van der Waals surface area contributed by atoms with E-state index in [0.29, 0.717) is 0 Å². The summed E-state index contributed by atoms with van der Waals surface area (Å²) in [7, 11) is 1.75. The van der Waals surface area contributed by atoms with E-state index < -0.39 is 0 Å². The molecule has 1 aliphatic rings. The molecule has 1 nitrogen and oxygen atoms in total. The summed E-state index contributed by atoms with van der Waals surface area (Å²) < 4.78 is 5.22. The molecule has 0 atom stereocenters. The van der Waals surface area contributed by atoms with Crippen molar-refractivity contribution < 1.29 is 4.74 Å². The van der Waals surface area contributed by atoms with Gasteiger partial charge in [-0.1, -0.05) is 25.5 Å². The maximum atomic E-state index is 5.22. The fourth-order valence-electron chi connectivity index (χ4n) is 1.56. The molecule has 0 aliphatic heterocycles. The van der Waals surface area contributed by atoms with E-state index in [2.05, 4.69) is 26.0 Å². The highest BCUT2D eigenvalue weighted by molar-refractivity contribution is 5.18. The molecule has 0 aromatic rings. The zero-order valence-electron chi connectivity index (χ0n) is 8.26. The SMILES string of the molecule is COC1=CCC=C(CC(C)C)C1. The van der Waals surface area contributed by atoms with Crippen molar-refractivity contribution in [1.29, 1.82) is 0 Å². The molecule has 1 heteroatoms. The first-order valence-corrected chi connectivity index (χ1v) is 4.63. The third-order valence-electron chi connectivity index (χ3n) is 2.09. The van der Waals surface area contributed by atoms with Crippen LogP contribution in [-0.2, 0) is 4.74 Å². The van der Waals surface area contributed by atoms with Crippen LogP contribution in [0.5, 0.6) is 0 Å². The summed E-state index contributed by atoms with van der Waals surface area (Å²) in [5.41, 5.74) is 1.53. The molecule has 0 saturated carbocycles. The standard InChI is InChI=1S/C11H18O/c1-9(2)7-10-5-4-6-11(8-10)12-3/h5-6,9H,4,7-8H2,1-3H3. The molecule has 68 valence electrons. The molecule has 0 heterocycles. The Morgan fingerprint density at radius 1 is 1.42 bits per heavy atom. The van der Waals surface area contributed by atoms with Gasteiger partial charge in [0.05, 0.1) is 12.9 Å². The quantitative estimate of drug-likeness (QED) is 0.585. The summed E-state index contributed by atoms with van der Waals surface area (Å²) in [4.78, 5) is 0. The Morgan fingerprint density at radius 2 is 2.17 bits per heavy atom. The predicted octanol–water partition coefficient (Wildman–Crippen LogP) is 3.28. The summed E-state index contributed by atoms with van der Waals surface area (Å²) in [5.74, 6) is 1.89. The summed E-state index contributed by atoms with van der Waals surface area (Å²) in [6.45, 7) is 4.51. The lowest BCUT2D eigenvalue weighted by Gasteiger charge is -2.15. The van der Waals surface area contributed by atoms with Crippen LogP contribution in [-0.4, -0.2) is 7.11 Å². The van der Waals surface area contributed by atoms with Crippen molar-refractivity contribution in [3.8, 4) is 0 Å². The van der Waals surface area contributed by atoms with Gasteiger partial charge in [0.1, 0.15) is 0 Å². The van der Waals surface area contributed by atoms with Crippen LogP contribution >= 0.6 is 0 Å². The van der Waals surface area contributed by atoms with Crippen molar-refractivity contribution in [3.63, 3.8) is 0 Å². The molecular weight excluding hydrogens is 148 g/mol. The van der Waals surface area contributed by atoms with Gasteiger partial charge in [0.15, 0.2) is 0 Å². The Bertz CT molecular complexity index is 199. The Morgan fingerprint density at radius 3 is 2.75 bits per heavy atom. The number of rotatable bonds is 3. The highest BCUT2D eigenvalue weighted by Crippen LogP contribution is 2.23. The van der Waals surface area contributed by atoms with Crippen molar-refractivity contribution in [3.05, 3.63) is 23.5 Å². The van der Waals surface area contributed by atoms with Gasteiger partial charge in [-0.3, -0.25) is 0 Å². The van der Waals surface area contributed by atoms with E-state index in [0.717, 1.165) is 24.5 Å². The van der Waals surface area contributed by atoms with Crippen molar-refractivity contribution in [2.45, 2.75) is 33.1 Å². The minimum absolute atomic E-state index is 0.757. The number of ether oxygens (including phenoxy) is 1. The van der Waals surface area contributed by atoms with Crippen molar-refractivity contribution >= 4 is 0 Å². The average Bonchev–Trinajstić information content (AvgIpc) is 2.03. The molecule has 0 aromatic heterocycles. The van der Waals surface area contributed by atoms with Crippen LogP contribution in [0.25, 0.3) is 0 Å². The fraction of sp³-hybridized carbons (Fsp3) is 0.636. The summed E-state index contributed by atoms with van der Waals surface area (Å²) in [5, 5.41) is 0. The van der Waals surface area contributed by atoms with Crippen molar-refractivity contribution in [2.24, 2.45) is 5.92 Å². The van der Waals surface area contributed by atoms with E-state index in [1.807, 2.05) is 0 Å². The molecular formula is C11H18O. The molecule has 0 amide bonds. The first kappa shape index (κ1) is 9.37. The van der Waals surface area contributed by atoms with E-state index in [4.69, 9.17) is 4.74 Å². The molecule has 0 aromatic carbocycles. The van der Waals surface area contributed by atoms with Crippen molar-refractivity contribution in [2.75, 3.05) is 7.11 Å². The Hall–Kier alpha value is -0.720. The second kappa shape index (κ2) is 4.34. The van der Waals surface area contributed by atoms with Gasteiger partial charge < -0.3 is 4.74 Å². The summed E-state index contributed by atoms with van der Waals surface area (Å²) in [6, 6.07) is 0. The second-order valence-corrected chi connectivity index (χ2v) is 3.75. The van der Waals surface area contributed by atoms with Gasteiger partial charge >= 0.3 is 0 Å². The number of allylic oxidation sites excluding steroid dienone is 3. The molecule has 0 bridgehead atoms. The topological polar surface area (TPSA) is 9.23 Å². The van der Waals surface area contributed by atoms with Crippen LogP contribution in [0.3, 0.4) is 0 Å². The van der Waals surface area contributed by atoms with Gasteiger partial charge in [0.25, 0.3) is 0 Å². The minimum atomic E-state index is 0.757. The van der Waals surface area contributed by atoms with Gasteiger partial charge in [0, 0.05) is 6.42 Å². The van der Waals surface area contributed by atoms with Gasteiger partial charge in [-0.15, -0.1) is 0 Å². The molecule has 0 saturated heterocycles. The molecule has 12 heavy (non-hydrogen) atoms. The third kappa shape index (κ3) is 2.72. The van der Waals surface area contributed by atoms with Gasteiger partial charge in [-0.25, -0.2) is 0 Å². The first-order chi connectivity index (χ1) is 5.72. The maximum Gasteiger partial charge on any atom is 0.0959 e. The van der Waals surface area contributed by atoms with E-state index in [9.17, 15) is 0 Å². The number of hydrogen-bond donors (Lipinski definition) is 0. The lowest BCUT2D eigenvalue weighted by atomic mass is 9.95. The molecule has 0 radical (unpaired) electrons. The molecule has 1 aliphatic carbocycles. The Kier molecular flexibility index (Phi) is 3.39. The average molecular weight is 166 g/mol. The monoisotopic (exact) mass is 166 g/mol. The molecule has 0 fully saturated rings. The van der Waals surface area contributed by atoms with Gasteiger partial charge in [-0.05, 0) is 24.8 Å². The highest BCUT2D eigenvalue weighted by Gasteiger charge is 2.08. The van der Waals surface area contributed by atoms with Crippen LogP contribution < -0.4 is 0 Å². The van der Waals surface area contributed by atoms with Gasteiger partial charge in [-0.2, -0.15) is 0 Å². The Labute approximate surface area is 75.1 Å². The van der Waals surface area contributed by atoms with Crippen LogP contribution in [0.4, 0.5) is 0 Å². The van der Waals surface area contributed by atoms with E-state index in [-0.39, 0.29) is 0 Å². The molecule has 0 N–H and O–H groups in total. The van der Waals surface area contributed by atoms with Crippen LogP contribution in [0, 0.1) is 5.92 Å². The number of methoxy groups -OCH3 is 1. The Balaban J connectivity index is 2.43. The van der Waals surface area contributed by atoms with Crippen molar-refractivity contribution in [1.82, 2.24) is 0 Å². The van der Waals surface area contributed by atoms with Gasteiger partial charge in [0.2, 0.25) is 0 Å². The van der Waals surface area contributed by atoms with E-state index in [1.165, 1.54) is 12.0 Å². The molecule has 1 rings (SSSR count). The predicted molar refractivity (Wildman–Crippen MR) is 51.9 cm³/mol. The van der Waals surface area contributed by atoms with Crippen LogP contribution in [0.15, 0.2) is 23.5 Å². The lowest BCUT2D eigenvalue weighted by Crippen LogP contribution is -1.99. The minimum Gasteiger partial charge on any atom is -0.501 e. The third-order valence-corrected chi connectivity index (χ3v) is 2.09. The zero-order valence-corrected chi connectivity index (χ0v) is 8.26. The molecule has 0 spiro atoms. The highest BCUT2D eigenvalue weighted by atomic mass is 16.5. The summed E-state index contributed by atoms with van der Waals surface area (Å²) >= 11 is 0. The largest absolute Gasteiger partial charge is 0.501 e. The zero-order chi connectivity index (χ0) is 8.97. The fourth-order valence-corrected chi connectivity index (χ4v) is 1.56. The number of hydrogen-bond acceptors (Lipinski definition) is 1. The van der Waals surface area contributed by atoms with Crippen LogP contribution in [0.2, 0.25) is 0 Å².